The molecule has 0 aliphatic rings. The molecule has 18 N–H and O–H groups in total. The van der Waals surface area contributed by atoms with E-state index in [1.165, 1.54) is 0 Å². The van der Waals surface area contributed by atoms with E-state index in [1.54, 1.807) is 0 Å². The van der Waals surface area contributed by atoms with Gasteiger partial charge in [-0.15, -0.1) is 0 Å². The fourth-order valence-electron chi connectivity index (χ4n) is 0. The van der Waals surface area contributed by atoms with Gasteiger partial charge in [-0.1, -0.05) is 0 Å². The first-order valence-corrected chi connectivity index (χ1v) is 0. The second kappa shape index (κ2) is 472. The maximum atomic E-state index is 0. The fourth-order valence-corrected chi connectivity index (χ4v) is 0. The van der Waals surface area contributed by atoms with Crippen LogP contribution >= 0.6 is 13.5 Å². The Kier molecular flexibility index (Phi) is 23400. The second-order valence-electron chi connectivity index (χ2n) is 0. The zero-order chi connectivity index (χ0) is 0. The Morgan fingerprint density at radius 3 is 0.250 bits per heavy atom. The van der Waals surface area contributed by atoms with Gasteiger partial charge in [0.15, 0.2) is 0 Å². The molecule has 0 atom stereocenters. The molecule has 0 saturated heterocycles. The van der Waals surface area contributed by atoms with Gasteiger partial charge in [0.1, 0.15) is 0 Å². The topological polar surface area (TPSA) is 284 Å². The van der Waals surface area contributed by atoms with Crippen LogP contribution in [0.3, 0.4) is 0 Å². The van der Waals surface area contributed by atoms with Crippen molar-refractivity contribution in [1.82, 2.24) is 0 Å². The van der Waals surface area contributed by atoms with Crippen LogP contribution in [0.1, 0.15) is 0 Å². The van der Waals surface area contributed by atoms with E-state index in [9.17, 15) is 0 Å². The molecule has 0 amide bonds. The van der Waals surface area contributed by atoms with Gasteiger partial charge in [0.2, 0.25) is 0 Å². The molecular weight excluding hydrogens is 222 g/mol. The average Bonchev–Trinajstić information content (AvgIpc) is 0. The van der Waals surface area contributed by atoms with Gasteiger partial charge < -0.3 is 49.3 Å². The quantitative estimate of drug-likeness (QED) is 0.357. The Morgan fingerprint density at radius 2 is 0.250 bits per heavy atom. The standard InChI is InChI=1S/2Na.9H2O.H2S/h;;10*1H2/q2*+1;;;;;;;;;;. The monoisotopic (exact) mass is 242 g/mol. The first-order valence-electron chi connectivity index (χ1n) is 0. The minimum absolute atomic E-state index is 0. The minimum atomic E-state index is 0. The van der Waals surface area contributed by atoms with Crippen LogP contribution in [-0.2, 0) is 0 Å². The summed E-state index contributed by atoms with van der Waals surface area (Å²) in [6.45, 7) is 0. The smallest absolute Gasteiger partial charge is 0.412 e. The van der Waals surface area contributed by atoms with Gasteiger partial charge in [-0.2, -0.15) is 13.5 Å². The predicted octanol–water partition coefficient (Wildman–Crippen LogP) is -13.3. The maximum absolute atomic E-state index is 0. The van der Waals surface area contributed by atoms with E-state index >= 15 is 0 Å². The first-order chi connectivity index (χ1) is 0. The summed E-state index contributed by atoms with van der Waals surface area (Å²) in [5.41, 5.74) is 0. The van der Waals surface area contributed by atoms with E-state index in [2.05, 4.69) is 0 Å². The number of rotatable bonds is 0. The van der Waals surface area contributed by atoms with Crippen molar-refractivity contribution in [3.05, 3.63) is 0 Å². The molecule has 0 rings (SSSR count). The number of hydrogen-bond acceptors (Lipinski definition) is 0. The van der Waals surface area contributed by atoms with Crippen molar-refractivity contribution >= 4 is 13.5 Å². The largest absolute Gasteiger partial charge is 1.00 e. The summed E-state index contributed by atoms with van der Waals surface area (Å²) in [7, 11) is 0. The van der Waals surface area contributed by atoms with Gasteiger partial charge in [0.05, 0.1) is 0 Å². The van der Waals surface area contributed by atoms with Gasteiger partial charge in [-0.3, -0.25) is 0 Å². The van der Waals surface area contributed by atoms with Crippen molar-refractivity contribution in [2.24, 2.45) is 0 Å². The van der Waals surface area contributed by atoms with Gasteiger partial charge in [0, 0.05) is 0 Å². The summed E-state index contributed by atoms with van der Waals surface area (Å²) < 4.78 is 0. The normalized spacial score (nSPS) is 0. The third kappa shape index (κ3) is 366. The van der Waals surface area contributed by atoms with E-state index in [0.29, 0.717) is 0 Å². The van der Waals surface area contributed by atoms with Crippen LogP contribution in [0.15, 0.2) is 0 Å². The Morgan fingerprint density at radius 1 is 0.250 bits per heavy atom. The molecule has 80 valence electrons. The summed E-state index contributed by atoms with van der Waals surface area (Å²) in [6, 6.07) is 0. The van der Waals surface area contributed by atoms with Crippen LogP contribution in [0.4, 0.5) is 0 Å². The van der Waals surface area contributed by atoms with Crippen LogP contribution in [0.5, 0.6) is 0 Å². The molecule has 0 aliphatic carbocycles. The van der Waals surface area contributed by atoms with E-state index in [4.69, 9.17) is 0 Å². The summed E-state index contributed by atoms with van der Waals surface area (Å²) in [5.74, 6) is 0. The molecule has 0 fully saturated rings. The van der Waals surface area contributed by atoms with Gasteiger partial charge in [-0.25, -0.2) is 0 Å². The minimum Gasteiger partial charge on any atom is -0.412 e. The zero-order valence-electron chi connectivity index (χ0n) is 7.00. The van der Waals surface area contributed by atoms with Gasteiger partial charge in [-0.05, 0) is 0 Å². The molecule has 0 saturated carbocycles. The number of hydrogen-bond donors (Lipinski definition) is 0. The molecule has 0 aromatic rings. The van der Waals surface area contributed by atoms with Gasteiger partial charge in [0.25, 0.3) is 0 Å². The molecule has 0 aromatic carbocycles. The van der Waals surface area contributed by atoms with Crippen molar-refractivity contribution in [1.29, 1.82) is 0 Å². The Bertz CT molecular complexity index is 12.5. The van der Waals surface area contributed by atoms with Crippen LogP contribution in [0, 0.1) is 0 Å². The average molecular weight is 242 g/mol. The fraction of sp³-hybridized carbons (Fsp3) is 0. The maximum Gasteiger partial charge on any atom is 1.00 e. The molecule has 0 aromatic heterocycles. The molecule has 12 heavy (non-hydrogen) atoms. The van der Waals surface area contributed by atoms with Crippen LogP contribution < -0.4 is 59.1 Å². The summed E-state index contributed by atoms with van der Waals surface area (Å²) in [6.07, 6.45) is 0. The van der Waals surface area contributed by atoms with E-state index in [0.717, 1.165) is 0 Å². The van der Waals surface area contributed by atoms with Crippen LogP contribution in [0.2, 0.25) is 0 Å². The van der Waals surface area contributed by atoms with Crippen LogP contribution in [0.25, 0.3) is 0 Å². The van der Waals surface area contributed by atoms with Crippen molar-refractivity contribution in [2.45, 2.75) is 0 Å². The summed E-state index contributed by atoms with van der Waals surface area (Å²) >= 11 is 0. The second-order valence-corrected chi connectivity index (χ2v) is 0. The molecule has 0 bridgehead atoms. The molecule has 12 heteroatoms. The van der Waals surface area contributed by atoms with E-state index in [1.807, 2.05) is 0 Å². The third-order valence-corrected chi connectivity index (χ3v) is 0. The summed E-state index contributed by atoms with van der Waals surface area (Å²) in [5, 5.41) is 0. The van der Waals surface area contributed by atoms with Crippen molar-refractivity contribution < 1.29 is 108 Å². The molecule has 0 radical (unpaired) electrons. The molecule has 0 aliphatic heterocycles. The van der Waals surface area contributed by atoms with E-state index < -0.39 is 0 Å². The molecule has 0 unspecified atom stereocenters. The molecular formula is H20Na2O9S+2. The van der Waals surface area contributed by atoms with Gasteiger partial charge >= 0.3 is 59.1 Å². The van der Waals surface area contributed by atoms with Crippen LogP contribution in [-0.4, -0.2) is 49.3 Å². The summed E-state index contributed by atoms with van der Waals surface area (Å²) in [4.78, 5) is 0. The molecule has 0 spiro atoms. The molecule has 9 nitrogen and oxygen atoms in total. The van der Waals surface area contributed by atoms with Crippen molar-refractivity contribution in [3.8, 4) is 0 Å². The first kappa shape index (κ1) is 596. The van der Waals surface area contributed by atoms with E-state index in [-0.39, 0.29) is 122 Å². The third-order valence-electron chi connectivity index (χ3n) is 0. The Balaban J connectivity index is 0. The van der Waals surface area contributed by atoms with Crippen molar-refractivity contribution in [2.75, 3.05) is 0 Å². The van der Waals surface area contributed by atoms with Crippen molar-refractivity contribution in [3.63, 3.8) is 0 Å². The Hall–Kier alpha value is 1.99. The molecule has 0 heterocycles. The predicted molar refractivity (Wildman–Crippen MR) is 42.9 cm³/mol. The SMILES string of the molecule is O.O.O.O.O.O.O.O.O.S.[Na+].[Na+]. The zero-order valence-corrected chi connectivity index (χ0v) is 12.0. The Labute approximate surface area is 121 Å².